The van der Waals surface area contributed by atoms with Gasteiger partial charge in [0.1, 0.15) is 0 Å². The molecule has 1 aromatic carbocycles. The van der Waals surface area contributed by atoms with Gasteiger partial charge in [-0.05, 0) is 97.3 Å². The van der Waals surface area contributed by atoms with Crippen molar-refractivity contribution in [1.82, 2.24) is 4.48 Å². The van der Waals surface area contributed by atoms with Gasteiger partial charge in [-0.25, -0.2) is 0 Å². The van der Waals surface area contributed by atoms with Crippen LogP contribution in [0.1, 0.15) is 72.3 Å². The average molecular weight is 513 g/mol. The van der Waals surface area contributed by atoms with Crippen LogP contribution in [0.4, 0.5) is 0 Å². The Balaban J connectivity index is 3.16. The molecule has 0 saturated carbocycles. The molecule has 0 aliphatic carbocycles. The molecule has 2 rings (SSSR count). The lowest BCUT2D eigenvalue weighted by Crippen LogP contribution is -2.39. The molecule has 0 saturated heterocycles. The van der Waals surface area contributed by atoms with Crippen LogP contribution in [0.15, 0.2) is 91.9 Å². The number of hydrogen-bond acceptors (Lipinski definition) is 1. The van der Waals surface area contributed by atoms with Crippen molar-refractivity contribution in [2.75, 3.05) is 0 Å². The van der Waals surface area contributed by atoms with Crippen molar-refractivity contribution < 1.29 is 0 Å². The SMILES string of the molecule is C=C/C=C\C(C)=C(/C)c1cc(C=C)c(/C=C\C)c([B]n2c(/C=C\C)c(C=C)c(C)c(/C=C\C=C)c2=O)c1C=C. The molecular formula is C36H39BNO. The van der Waals surface area contributed by atoms with Gasteiger partial charge in [0.05, 0.1) is 0 Å². The van der Waals surface area contributed by atoms with E-state index < -0.39 is 0 Å². The van der Waals surface area contributed by atoms with Crippen LogP contribution in [0.3, 0.4) is 0 Å². The van der Waals surface area contributed by atoms with Gasteiger partial charge in [-0.15, -0.1) is 0 Å². The molecule has 0 unspecified atom stereocenters. The summed E-state index contributed by atoms with van der Waals surface area (Å²) in [5, 5.41) is 0. The van der Waals surface area contributed by atoms with Crippen LogP contribution in [-0.4, -0.2) is 11.9 Å². The van der Waals surface area contributed by atoms with Crippen LogP contribution in [0.2, 0.25) is 0 Å². The summed E-state index contributed by atoms with van der Waals surface area (Å²) in [4.78, 5) is 14.0. The van der Waals surface area contributed by atoms with Gasteiger partial charge in [0.25, 0.3) is 7.41 Å². The molecule has 1 aromatic heterocycles. The second-order valence-corrected chi connectivity index (χ2v) is 9.01. The first kappa shape index (κ1) is 30.9. The van der Waals surface area contributed by atoms with Crippen molar-refractivity contribution in [3.8, 4) is 0 Å². The first-order valence-corrected chi connectivity index (χ1v) is 13.0. The van der Waals surface area contributed by atoms with E-state index in [1.165, 1.54) is 0 Å². The maximum atomic E-state index is 14.0. The van der Waals surface area contributed by atoms with Gasteiger partial charge in [-0.3, -0.25) is 4.79 Å². The molecule has 39 heavy (non-hydrogen) atoms. The number of pyridine rings is 1. The number of nitrogens with zero attached hydrogens (tertiary/aromatic N) is 1. The molecule has 1 radical (unpaired) electrons. The zero-order chi connectivity index (χ0) is 29.1. The minimum Gasteiger partial charge on any atom is -0.352 e. The summed E-state index contributed by atoms with van der Waals surface area (Å²) < 4.78 is 1.71. The Hall–Kier alpha value is -4.37. The summed E-state index contributed by atoms with van der Waals surface area (Å²) in [6.45, 7) is 29.9. The van der Waals surface area contributed by atoms with Crippen LogP contribution in [0, 0.1) is 6.92 Å². The predicted molar refractivity (Wildman–Crippen MR) is 179 cm³/mol. The highest BCUT2D eigenvalue weighted by Gasteiger charge is 2.21. The third-order valence-corrected chi connectivity index (χ3v) is 6.70. The Labute approximate surface area is 235 Å². The molecular weight excluding hydrogens is 473 g/mol. The van der Waals surface area contributed by atoms with E-state index in [2.05, 4.69) is 52.8 Å². The Kier molecular flexibility index (Phi) is 11.5. The van der Waals surface area contributed by atoms with Gasteiger partial charge in [0.15, 0.2) is 0 Å². The van der Waals surface area contributed by atoms with Crippen molar-refractivity contribution in [3.63, 3.8) is 0 Å². The van der Waals surface area contributed by atoms with E-state index in [0.717, 1.165) is 55.7 Å². The van der Waals surface area contributed by atoms with Crippen LogP contribution >= 0.6 is 0 Å². The zero-order valence-electron chi connectivity index (χ0n) is 24.1. The normalized spacial score (nSPS) is 12.3. The Morgan fingerprint density at radius 3 is 2.00 bits per heavy atom. The zero-order valence-corrected chi connectivity index (χ0v) is 24.1. The van der Waals surface area contributed by atoms with Crippen molar-refractivity contribution in [2.45, 2.75) is 34.6 Å². The Morgan fingerprint density at radius 2 is 1.46 bits per heavy atom. The van der Waals surface area contributed by atoms with Gasteiger partial charge in [0, 0.05) is 16.8 Å². The van der Waals surface area contributed by atoms with Crippen molar-refractivity contribution in [3.05, 3.63) is 142 Å². The highest BCUT2D eigenvalue weighted by molar-refractivity contribution is 6.55. The van der Waals surface area contributed by atoms with Gasteiger partial charge in [-0.1, -0.05) is 99.7 Å². The van der Waals surface area contributed by atoms with Gasteiger partial charge in [-0.2, -0.15) is 0 Å². The molecule has 0 fully saturated rings. The monoisotopic (exact) mass is 512 g/mol. The standard InChI is InChI=1S/C36H39BNO/c1-11-18-22-25(8)26(9)33-24-28(15-5)32(20-13-3)35(30(33)17-7)37-38-34(21-14-4)29(16-6)27(10)31(36(38)39)23-19-12-2/h11-24H,1-2,5-7H2,3-4,8-10H3/b20-13-,21-14-,22-18-,23-19-,26-25+. The van der Waals surface area contributed by atoms with Gasteiger partial charge >= 0.3 is 0 Å². The van der Waals surface area contributed by atoms with Gasteiger partial charge in [0.2, 0.25) is 5.56 Å². The highest BCUT2D eigenvalue weighted by atomic mass is 16.1. The molecule has 197 valence electrons. The molecule has 3 heteroatoms. The number of benzene rings is 1. The third kappa shape index (κ3) is 6.56. The predicted octanol–water partition coefficient (Wildman–Crippen LogP) is 8.68. The lowest BCUT2D eigenvalue weighted by atomic mass is 9.71. The van der Waals surface area contributed by atoms with E-state index in [9.17, 15) is 4.79 Å². The molecule has 0 bridgehead atoms. The molecule has 0 amide bonds. The lowest BCUT2D eigenvalue weighted by Gasteiger charge is -2.22. The van der Waals surface area contributed by atoms with E-state index in [1.807, 2.05) is 76.8 Å². The van der Waals surface area contributed by atoms with Crippen LogP contribution in [-0.2, 0) is 0 Å². The van der Waals surface area contributed by atoms with E-state index in [0.29, 0.717) is 5.56 Å². The number of hydrogen-bond donors (Lipinski definition) is 0. The van der Waals surface area contributed by atoms with E-state index in [1.54, 1.807) is 34.9 Å². The second kappa shape index (κ2) is 14.5. The minimum atomic E-state index is -0.131. The van der Waals surface area contributed by atoms with Gasteiger partial charge < -0.3 is 4.48 Å². The Morgan fingerprint density at radius 1 is 0.821 bits per heavy atom. The number of rotatable bonds is 12. The lowest BCUT2D eigenvalue weighted by molar-refractivity contribution is 1.06. The fraction of sp³-hybridized carbons (Fsp3) is 0.139. The molecule has 0 spiro atoms. The second-order valence-electron chi connectivity index (χ2n) is 9.01. The van der Waals surface area contributed by atoms with Crippen molar-refractivity contribution in [2.24, 2.45) is 0 Å². The highest BCUT2D eigenvalue weighted by Crippen LogP contribution is 2.28. The molecule has 1 heterocycles. The van der Waals surface area contributed by atoms with Crippen LogP contribution < -0.4 is 11.0 Å². The maximum absolute atomic E-state index is 14.0. The summed E-state index contributed by atoms with van der Waals surface area (Å²) in [5.74, 6) is 0. The molecule has 2 aromatic rings. The molecule has 2 nitrogen and oxygen atoms in total. The summed E-state index contributed by atoms with van der Waals surface area (Å²) in [5.41, 5.74) is 9.92. The van der Waals surface area contributed by atoms with E-state index in [4.69, 9.17) is 0 Å². The fourth-order valence-electron chi connectivity index (χ4n) is 4.57. The Bertz CT molecular complexity index is 1520. The maximum Gasteiger partial charge on any atom is 0.296 e. The number of aromatic nitrogens is 1. The van der Waals surface area contributed by atoms with Crippen LogP contribution in [0.25, 0.3) is 42.0 Å². The summed E-state index contributed by atoms with van der Waals surface area (Å²) >= 11 is 0. The topological polar surface area (TPSA) is 22.0 Å². The molecule has 0 aliphatic heterocycles. The van der Waals surface area contributed by atoms with E-state index in [-0.39, 0.29) is 5.56 Å². The largest absolute Gasteiger partial charge is 0.352 e. The summed E-state index contributed by atoms with van der Waals surface area (Å²) in [6.07, 6.45) is 24.4. The van der Waals surface area contributed by atoms with E-state index >= 15 is 0 Å². The summed E-state index contributed by atoms with van der Waals surface area (Å²) in [7, 11) is 1.92. The average Bonchev–Trinajstić information content (AvgIpc) is 2.93. The molecule has 0 atom stereocenters. The first-order valence-electron chi connectivity index (χ1n) is 13.0. The quantitative estimate of drug-likeness (QED) is 0.206. The molecule has 0 N–H and O–H groups in total. The van der Waals surface area contributed by atoms with Crippen LogP contribution in [0.5, 0.6) is 0 Å². The third-order valence-electron chi connectivity index (χ3n) is 6.70. The smallest absolute Gasteiger partial charge is 0.296 e. The fourth-order valence-corrected chi connectivity index (χ4v) is 4.57. The minimum absolute atomic E-state index is 0.131. The first-order chi connectivity index (χ1) is 18.7. The van der Waals surface area contributed by atoms with Crippen molar-refractivity contribution >= 4 is 54.9 Å². The number of allylic oxidation sites excluding steroid dienone is 9. The molecule has 0 aliphatic rings. The summed E-state index contributed by atoms with van der Waals surface area (Å²) in [6, 6.07) is 2.13. The van der Waals surface area contributed by atoms with Crippen molar-refractivity contribution in [1.29, 1.82) is 0 Å².